The Morgan fingerprint density at radius 2 is 2.13 bits per heavy atom. The lowest BCUT2D eigenvalue weighted by Crippen LogP contribution is -2.29. The number of halogens is 2. The minimum atomic E-state index is 0.453. The highest BCUT2D eigenvalue weighted by molar-refractivity contribution is 9.10. The van der Waals surface area contributed by atoms with Gasteiger partial charge in [0.25, 0.3) is 0 Å². The fraction of sp³-hybridized carbons (Fsp3) is 0.500. The number of benzene rings is 1. The topological polar surface area (TPSA) is 12.0 Å². The molecule has 0 aliphatic heterocycles. The highest BCUT2D eigenvalue weighted by Crippen LogP contribution is 2.38. The molecule has 3 heteroatoms. The highest BCUT2D eigenvalue weighted by Gasteiger charge is 2.27. The molecule has 0 aromatic heterocycles. The molecule has 2 rings (SSSR count). The van der Waals surface area contributed by atoms with E-state index in [0.717, 1.165) is 15.4 Å². The van der Waals surface area contributed by atoms with Crippen molar-refractivity contribution in [2.75, 3.05) is 7.05 Å². The summed E-state index contributed by atoms with van der Waals surface area (Å²) >= 11 is 9.55. The zero-order chi connectivity index (χ0) is 10.8. The molecule has 1 N–H and O–H groups in total. The second-order valence-electron chi connectivity index (χ2n) is 4.16. The molecule has 1 aliphatic carbocycles. The van der Waals surface area contributed by atoms with Crippen LogP contribution in [-0.4, -0.2) is 7.05 Å². The number of hydrogen-bond acceptors (Lipinski definition) is 1. The summed E-state index contributed by atoms with van der Waals surface area (Å²) in [5.74, 6) is 0.778. The van der Waals surface area contributed by atoms with Crippen LogP contribution >= 0.6 is 27.5 Å². The quantitative estimate of drug-likeness (QED) is 0.880. The summed E-state index contributed by atoms with van der Waals surface area (Å²) in [6.45, 7) is 0. The maximum absolute atomic E-state index is 6.06. The maximum Gasteiger partial charge on any atom is 0.0420 e. The molecule has 0 amide bonds. The zero-order valence-electron chi connectivity index (χ0n) is 8.76. The molecular weight excluding hydrogens is 273 g/mol. The molecule has 1 fully saturated rings. The van der Waals surface area contributed by atoms with Crippen LogP contribution in [0.1, 0.15) is 30.9 Å². The predicted octanol–water partition coefficient (Wildman–Crippen LogP) is 4.16. The van der Waals surface area contributed by atoms with E-state index >= 15 is 0 Å². The van der Waals surface area contributed by atoms with Gasteiger partial charge in [0.1, 0.15) is 0 Å². The fourth-order valence-electron chi connectivity index (χ4n) is 2.20. The van der Waals surface area contributed by atoms with Crippen LogP contribution in [0.4, 0.5) is 0 Å². The third kappa shape index (κ3) is 2.55. The van der Waals surface area contributed by atoms with Crippen molar-refractivity contribution >= 4 is 27.5 Å². The lowest BCUT2D eigenvalue weighted by atomic mass is 9.77. The average Bonchev–Trinajstić information content (AvgIpc) is 2.08. The van der Waals surface area contributed by atoms with Gasteiger partial charge in [-0.05, 0) is 49.6 Å². The molecule has 0 spiro atoms. The number of rotatable bonds is 3. The van der Waals surface area contributed by atoms with Crippen LogP contribution in [0.3, 0.4) is 0 Å². The first-order chi connectivity index (χ1) is 7.20. The second-order valence-corrected chi connectivity index (χ2v) is 5.51. The first-order valence-electron chi connectivity index (χ1n) is 5.34. The first kappa shape index (κ1) is 11.4. The molecule has 1 atom stereocenters. The Labute approximate surface area is 104 Å². The summed E-state index contributed by atoms with van der Waals surface area (Å²) in [6, 6.07) is 6.60. The lowest BCUT2D eigenvalue weighted by molar-refractivity contribution is 0.239. The minimum Gasteiger partial charge on any atom is -0.313 e. The molecular formula is C12H15BrClN. The Bertz CT molecular complexity index is 329. The van der Waals surface area contributed by atoms with Gasteiger partial charge < -0.3 is 5.32 Å². The van der Waals surface area contributed by atoms with E-state index in [0.29, 0.717) is 6.04 Å². The normalized spacial score (nSPS) is 18.6. The molecule has 15 heavy (non-hydrogen) atoms. The van der Waals surface area contributed by atoms with Crippen molar-refractivity contribution in [1.82, 2.24) is 5.32 Å². The van der Waals surface area contributed by atoms with Crippen molar-refractivity contribution in [3.63, 3.8) is 0 Å². The summed E-state index contributed by atoms with van der Waals surface area (Å²) in [6.07, 6.45) is 4.02. The van der Waals surface area contributed by atoms with Crippen molar-refractivity contribution in [1.29, 1.82) is 0 Å². The van der Waals surface area contributed by atoms with Crippen LogP contribution in [0.15, 0.2) is 22.7 Å². The predicted molar refractivity (Wildman–Crippen MR) is 68.3 cm³/mol. The summed E-state index contributed by atoms with van der Waals surface area (Å²) in [5, 5.41) is 4.20. The van der Waals surface area contributed by atoms with Gasteiger partial charge in [-0.1, -0.05) is 34.0 Å². The van der Waals surface area contributed by atoms with E-state index in [9.17, 15) is 0 Å². The van der Waals surface area contributed by atoms with Gasteiger partial charge in [-0.2, -0.15) is 0 Å². The van der Waals surface area contributed by atoms with E-state index in [2.05, 4.69) is 33.4 Å². The van der Waals surface area contributed by atoms with Crippen molar-refractivity contribution in [2.45, 2.75) is 25.3 Å². The average molecular weight is 289 g/mol. The van der Waals surface area contributed by atoms with Crippen molar-refractivity contribution in [3.05, 3.63) is 33.3 Å². The van der Waals surface area contributed by atoms with Crippen molar-refractivity contribution in [2.24, 2.45) is 5.92 Å². The van der Waals surface area contributed by atoms with Gasteiger partial charge in [-0.25, -0.2) is 0 Å². The van der Waals surface area contributed by atoms with Crippen molar-refractivity contribution < 1.29 is 0 Å². The van der Waals surface area contributed by atoms with Gasteiger partial charge in [0.15, 0.2) is 0 Å². The SMILES string of the molecule is CNC(c1cc(Cl)cc(Br)c1)C1CCC1. The van der Waals surface area contributed by atoms with E-state index in [4.69, 9.17) is 11.6 Å². The van der Waals surface area contributed by atoms with Gasteiger partial charge in [0.05, 0.1) is 0 Å². The van der Waals surface area contributed by atoms with E-state index in [-0.39, 0.29) is 0 Å². The van der Waals surface area contributed by atoms with E-state index in [1.165, 1.54) is 24.8 Å². The molecule has 1 aliphatic rings. The second kappa shape index (κ2) is 4.86. The molecule has 1 aromatic rings. The summed E-state index contributed by atoms with van der Waals surface area (Å²) < 4.78 is 1.06. The molecule has 0 bridgehead atoms. The van der Waals surface area contributed by atoms with Crippen LogP contribution in [-0.2, 0) is 0 Å². The van der Waals surface area contributed by atoms with Crippen LogP contribution in [0.25, 0.3) is 0 Å². The third-order valence-electron chi connectivity index (χ3n) is 3.18. The molecule has 1 nitrogen and oxygen atoms in total. The van der Waals surface area contributed by atoms with Gasteiger partial charge in [0, 0.05) is 15.5 Å². The molecule has 1 saturated carbocycles. The first-order valence-corrected chi connectivity index (χ1v) is 6.51. The number of nitrogens with one attached hydrogen (secondary N) is 1. The Kier molecular flexibility index (Phi) is 3.70. The Balaban J connectivity index is 2.24. The Morgan fingerprint density at radius 3 is 2.60 bits per heavy atom. The fourth-order valence-corrected chi connectivity index (χ4v) is 3.09. The zero-order valence-corrected chi connectivity index (χ0v) is 11.1. The van der Waals surface area contributed by atoms with E-state index < -0.39 is 0 Å². The highest BCUT2D eigenvalue weighted by atomic mass is 79.9. The van der Waals surface area contributed by atoms with Gasteiger partial charge in [-0.15, -0.1) is 0 Å². The van der Waals surface area contributed by atoms with Gasteiger partial charge >= 0.3 is 0 Å². The van der Waals surface area contributed by atoms with Gasteiger partial charge in [0.2, 0.25) is 0 Å². The molecule has 82 valence electrons. The van der Waals surface area contributed by atoms with Crippen LogP contribution < -0.4 is 5.32 Å². The minimum absolute atomic E-state index is 0.453. The summed E-state index contributed by atoms with van der Waals surface area (Å²) in [7, 11) is 2.03. The molecule has 0 saturated heterocycles. The van der Waals surface area contributed by atoms with E-state index in [1.54, 1.807) is 0 Å². The van der Waals surface area contributed by atoms with Crippen LogP contribution in [0.2, 0.25) is 5.02 Å². The maximum atomic E-state index is 6.06. The number of hydrogen-bond donors (Lipinski definition) is 1. The van der Waals surface area contributed by atoms with Crippen molar-refractivity contribution in [3.8, 4) is 0 Å². The molecule has 1 aromatic carbocycles. The summed E-state index contributed by atoms with van der Waals surface area (Å²) in [5.41, 5.74) is 1.29. The van der Waals surface area contributed by atoms with Gasteiger partial charge in [-0.3, -0.25) is 0 Å². The Morgan fingerprint density at radius 1 is 1.40 bits per heavy atom. The largest absolute Gasteiger partial charge is 0.313 e. The lowest BCUT2D eigenvalue weighted by Gasteiger charge is -2.34. The standard InChI is InChI=1S/C12H15BrClN/c1-15-12(8-3-2-4-8)9-5-10(13)7-11(14)6-9/h5-8,12,15H,2-4H2,1H3. The molecule has 0 heterocycles. The molecule has 1 unspecified atom stereocenters. The van der Waals surface area contributed by atoms with E-state index in [1.807, 2.05) is 13.1 Å². The Hall–Kier alpha value is -0.0500. The summed E-state index contributed by atoms with van der Waals surface area (Å²) in [4.78, 5) is 0. The monoisotopic (exact) mass is 287 g/mol. The van der Waals surface area contributed by atoms with Crippen LogP contribution in [0, 0.1) is 5.92 Å². The third-order valence-corrected chi connectivity index (χ3v) is 3.85. The smallest absolute Gasteiger partial charge is 0.0420 e. The van der Waals surface area contributed by atoms with Crippen LogP contribution in [0.5, 0.6) is 0 Å². The molecule has 0 radical (unpaired) electrons.